The molecule has 0 saturated carbocycles. The molecule has 0 atom stereocenters. The maximum Gasteiger partial charge on any atom is 0.354 e. The lowest BCUT2D eigenvalue weighted by molar-refractivity contribution is 0.0689. The van der Waals surface area contributed by atoms with Gasteiger partial charge in [-0.05, 0) is 6.07 Å². The van der Waals surface area contributed by atoms with Crippen LogP contribution in [-0.4, -0.2) is 40.5 Å². The summed E-state index contributed by atoms with van der Waals surface area (Å²) in [5.74, 6) is -1.13. The van der Waals surface area contributed by atoms with Crippen LogP contribution in [0.25, 0.3) is 0 Å². The number of rotatable bonds is 4. The molecule has 2 aromatic heterocycles. The third-order valence-corrected chi connectivity index (χ3v) is 3.53. The first-order valence-corrected chi connectivity index (χ1v) is 7.17. The minimum Gasteiger partial charge on any atom is -0.477 e. The first-order chi connectivity index (χ1) is 8.88. The van der Waals surface area contributed by atoms with Gasteiger partial charge in [0.05, 0.1) is 12.7 Å². The van der Waals surface area contributed by atoms with E-state index in [0.29, 0.717) is 5.56 Å². The Morgan fingerprint density at radius 1 is 1.47 bits per heavy atom. The van der Waals surface area contributed by atoms with Crippen molar-refractivity contribution >= 4 is 15.8 Å². The Kier molecular flexibility index (Phi) is 3.34. The van der Waals surface area contributed by atoms with Crippen LogP contribution >= 0.6 is 0 Å². The molecule has 0 fully saturated rings. The minimum atomic E-state index is -3.32. The maximum atomic E-state index is 11.3. The summed E-state index contributed by atoms with van der Waals surface area (Å²) >= 11 is 0. The van der Waals surface area contributed by atoms with Crippen LogP contribution in [0.4, 0.5) is 0 Å². The van der Waals surface area contributed by atoms with Crippen LogP contribution in [-0.2, 0) is 16.4 Å². The Hall–Kier alpha value is -2.22. The number of aromatic nitrogens is 3. The summed E-state index contributed by atoms with van der Waals surface area (Å²) in [4.78, 5) is 14.9. The molecule has 2 heterocycles. The average Bonchev–Trinajstić information content (AvgIpc) is 2.77. The number of carboxylic acids is 1. The fourth-order valence-electron chi connectivity index (χ4n) is 1.56. The molecule has 100 valence electrons. The third-order valence-electron chi connectivity index (χ3n) is 2.46. The Morgan fingerprint density at radius 3 is 2.79 bits per heavy atom. The third kappa shape index (κ3) is 2.97. The second-order valence-corrected chi connectivity index (χ2v) is 5.98. The van der Waals surface area contributed by atoms with Crippen molar-refractivity contribution < 1.29 is 18.3 Å². The molecule has 2 aromatic rings. The standard InChI is InChI=1S/C11H11N3O4S/c1-19(17,18)9-5-13-14(7-9)6-8-3-2-4-12-10(8)11(15)16/h2-5,7H,6H2,1H3,(H,15,16). The monoisotopic (exact) mass is 281 g/mol. The van der Waals surface area contributed by atoms with E-state index in [1.807, 2.05) is 0 Å². The van der Waals surface area contributed by atoms with Gasteiger partial charge in [0.2, 0.25) is 0 Å². The summed E-state index contributed by atoms with van der Waals surface area (Å²) in [5.41, 5.74) is 0.386. The zero-order valence-electron chi connectivity index (χ0n) is 10.0. The Labute approximate surface area is 109 Å². The van der Waals surface area contributed by atoms with Crippen LogP contribution in [0.5, 0.6) is 0 Å². The minimum absolute atomic E-state index is 0.0705. The number of carbonyl (C=O) groups is 1. The molecular weight excluding hydrogens is 270 g/mol. The fraction of sp³-hybridized carbons (Fsp3) is 0.182. The fourth-order valence-corrected chi connectivity index (χ4v) is 2.11. The zero-order valence-corrected chi connectivity index (χ0v) is 10.8. The molecule has 2 rings (SSSR count). The Balaban J connectivity index is 2.32. The van der Waals surface area contributed by atoms with Gasteiger partial charge in [-0.25, -0.2) is 18.2 Å². The number of pyridine rings is 1. The highest BCUT2D eigenvalue weighted by Gasteiger charge is 2.14. The van der Waals surface area contributed by atoms with E-state index in [2.05, 4.69) is 10.1 Å². The van der Waals surface area contributed by atoms with Crippen molar-refractivity contribution in [3.8, 4) is 0 Å². The maximum absolute atomic E-state index is 11.3. The average molecular weight is 281 g/mol. The smallest absolute Gasteiger partial charge is 0.354 e. The van der Waals surface area contributed by atoms with Crippen LogP contribution in [0, 0.1) is 0 Å². The molecule has 0 spiro atoms. The van der Waals surface area contributed by atoms with E-state index >= 15 is 0 Å². The molecule has 0 aromatic carbocycles. The van der Waals surface area contributed by atoms with Crippen LogP contribution in [0.1, 0.15) is 16.1 Å². The van der Waals surface area contributed by atoms with Gasteiger partial charge in [0.15, 0.2) is 15.5 Å². The highest BCUT2D eigenvalue weighted by molar-refractivity contribution is 7.90. The first-order valence-electron chi connectivity index (χ1n) is 5.27. The van der Waals surface area contributed by atoms with Crippen molar-refractivity contribution in [2.24, 2.45) is 0 Å². The van der Waals surface area contributed by atoms with Gasteiger partial charge in [0.25, 0.3) is 0 Å². The summed E-state index contributed by atoms with van der Waals surface area (Å²) in [6, 6.07) is 3.22. The number of sulfone groups is 1. The molecule has 1 N–H and O–H groups in total. The SMILES string of the molecule is CS(=O)(=O)c1cnn(Cc2cccnc2C(=O)O)c1. The van der Waals surface area contributed by atoms with Gasteiger partial charge in [0.1, 0.15) is 4.90 Å². The summed E-state index contributed by atoms with van der Waals surface area (Å²) in [5, 5.41) is 12.9. The lowest BCUT2D eigenvalue weighted by Gasteiger charge is -2.04. The molecule has 19 heavy (non-hydrogen) atoms. The molecule has 0 saturated heterocycles. The highest BCUT2D eigenvalue weighted by Crippen LogP contribution is 2.11. The van der Waals surface area contributed by atoms with E-state index in [4.69, 9.17) is 5.11 Å². The van der Waals surface area contributed by atoms with Crippen LogP contribution in [0.3, 0.4) is 0 Å². The van der Waals surface area contributed by atoms with Crippen molar-refractivity contribution in [2.45, 2.75) is 11.4 Å². The number of hydrogen-bond donors (Lipinski definition) is 1. The molecule has 0 unspecified atom stereocenters. The van der Waals surface area contributed by atoms with Crippen molar-refractivity contribution in [1.82, 2.24) is 14.8 Å². The summed E-state index contributed by atoms with van der Waals surface area (Å²) in [7, 11) is -3.32. The van der Waals surface area contributed by atoms with Crippen molar-refractivity contribution in [3.63, 3.8) is 0 Å². The number of nitrogens with zero attached hydrogens (tertiary/aromatic N) is 3. The topological polar surface area (TPSA) is 102 Å². The summed E-state index contributed by atoms with van der Waals surface area (Å²) in [6.07, 6.45) is 5.05. The molecule has 0 aliphatic rings. The second kappa shape index (κ2) is 4.81. The van der Waals surface area contributed by atoms with E-state index in [0.717, 1.165) is 6.26 Å². The molecule has 0 aliphatic heterocycles. The summed E-state index contributed by atoms with van der Waals surface area (Å²) < 4.78 is 24.0. The van der Waals surface area contributed by atoms with Gasteiger partial charge in [-0.3, -0.25) is 4.68 Å². The molecule has 0 radical (unpaired) electrons. The number of aromatic carboxylic acids is 1. The van der Waals surface area contributed by atoms with Gasteiger partial charge in [-0.15, -0.1) is 0 Å². The molecule has 8 heteroatoms. The highest BCUT2D eigenvalue weighted by atomic mass is 32.2. The van der Waals surface area contributed by atoms with E-state index in [1.54, 1.807) is 12.1 Å². The van der Waals surface area contributed by atoms with Gasteiger partial charge in [0, 0.05) is 24.2 Å². The molecule has 0 amide bonds. The molecule has 0 aliphatic carbocycles. The molecule has 7 nitrogen and oxygen atoms in total. The van der Waals surface area contributed by atoms with Crippen molar-refractivity contribution in [2.75, 3.05) is 6.26 Å². The second-order valence-electron chi connectivity index (χ2n) is 3.96. The van der Waals surface area contributed by atoms with Crippen LogP contribution in [0.2, 0.25) is 0 Å². The van der Waals surface area contributed by atoms with Gasteiger partial charge in [-0.1, -0.05) is 6.07 Å². The van der Waals surface area contributed by atoms with Gasteiger partial charge >= 0.3 is 5.97 Å². The van der Waals surface area contributed by atoms with Crippen molar-refractivity contribution in [1.29, 1.82) is 0 Å². The quantitative estimate of drug-likeness (QED) is 0.871. The largest absolute Gasteiger partial charge is 0.477 e. The van der Waals surface area contributed by atoms with E-state index in [1.165, 1.54) is 23.3 Å². The van der Waals surface area contributed by atoms with Gasteiger partial charge < -0.3 is 5.11 Å². The van der Waals surface area contributed by atoms with Crippen LogP contribution in [0.15, 0.2) is 35.6 Å². The normalized spacial score (nSPS) is 11.4. The van der Waals surface area contributed by atoms with E-state index in [9.17, 15) is 13.2 Å². The summed E-state index contributed by atoms with van der Waals surface area (Å²) in [6.45, 7) is 0.144. The van der Waals surface area contributed by atoms with E-state index < -0.39 is 15.8 Å². The number of carboxylic acid groups (broad SMARTS) is 1. The van der Waals surface area contributed by atoms with Gasteiger partial charge in [-0.2, -0.15) is 5.10 Å². The predicted molar refractivity (Wildman–Crippen MR) is 65.6 cm³/mol. The lowest BCUT2D eigenvalue weighted by Crippen LogP contribution is -2.09. The van der Waals surface area contributed by atoms with Crippen molar-refractivity contribution in [3.05, 3.63) is 42.0 Å². The zero-order chi connectivity index (χ0) is 14.0. The van der Waals surface area contributed by atoms with Crippen LogP contribution < -0.4 is 0 Å². The molecule has 0 bridgehead atoms. The first kappa shape index (κ1) is 13.2. The Bertz CT molecular complexity index is 721. The predicted octanol–water partition coefficient (Wildman–Crippen LogP) is 0.428. The Morgan fingerprint density at radius 2 is 2.21 bits per heavy atom. The molecular formula is C11H11N3O4S. The number of hydrogen-bond acceptors (Lipinski definition) is 5. The van der Waals surface area contributed by atoms with E-state index in [-0.39, 0.29) is 17.1 Å². The lowest BCUT2D eigenvalue weighted by atomic mass is 10.2.